The summed E-state index contributed by atoms with van der Waals surface area (Å²) >= 11 is 6.70. The van der Waals surface area contributed by atoms with E-state index in [2.05, 4.69) is 6.92 Å². The van der Waals surface area contributed by atoms with Crippen molar-refractivity contribution >= 4 is 33.3 Å². The lowest BCUT2D eigenvalue weighted by atomic mass is 10.6. The lowest BCUT2D eigenvalue weighted by Crippen LogP contribution is -1.84. The zero-order valence-corrected chi connectivity index (χ0v) is 7.50. The lowest BCUT2D eigenvalue weighted by molar-refractivity contribution is 1.13. The second-order valence-electron chi connectivity index (χ2n) is 1.37. The van der Waals surface area contributed by atoms with Crippen LogP contribution in [0.4, 0.5) is 0 Å². The van der Waals surface area contributed by atoms with Gasteiger partial charge in [0.05, 0.1) is 0 Å². The standard InChI is InChI=1S/C5H11S3/c1-2-7-4-3-5-8-6/h2-5H2,1H3/q+1. The van der Waals surface area contributed by atoms with Crippen LogP contribution in [0, 0.1) is 0 Å². The van der Waals surface area contributed by atoms with Crippen LogP contribution in [0.5, 0.6) is 0 Å². The van der Waals surface area contributed by atoms with Crippen LogP contribution in [0.1, 0.15) is 13.3 Å². The van der Waals surface area contributed by atoms with Gasteiger partial charge in [0.15, 0.2) is 5.75 Å². The molecule has 0 radical (unpaired) electrons. The minimum atomic E-state index is 1.14. The summed E-state index contributed by atoms with van der Waals surface area (Å²) in [5, 5.41) is 0. The summed E-state index contributed by atoms with van der Waals surface area (Å²) in [6.45, 7) is 2.19. The van der Waals surface area contributed by atoms with Crippen molar-refractivity contribution in [3.05, 3.63) is 0 Å². The van der Waals surface area contributed by atoms with Crippen LogP contribution in [0.3, 0.4) is 0 Å². The normalized spacial score (nSPS) is 9.12. The topological polar surface area (TPSA) is 0 Å². The molecule has 0 N–H and O–H groups in total. The van der Waals surface area contributed by atoms with Crippen LogP contribution in [0.15, 0.2) is 0 Å². The molecule has 0 aliphatic heterocycles. The van der Waals surface area contributed by atoms with Crippen LogP contribution in [0.25, 0.3) is 0 Å². The molecule has 0 aliphatic carbocycles. The van der Waals surface area contributed by atoms with Gasteiger partial charge in [0.2, 0.25) is 0 Å². The van der Waals surface area contributed by atoms with Gasteiger partial charge in [-0.3, -0.25) is 0 Å². The molecule has 0 aliphatic rings. The second-order valence-corrected chi connectivity index (χ2v) is 4.12. The van der Waals surface area contributed by atoms with E-state index >= 15 is 0 Å². The fourth-order valence-corrected chi connectivity index (χ4v) is 1.80. The van der Waals surface area contributed by atoms with E-state index in [1.807, 2.05) is 11.8 Å². The first-order chi connectivity index (χ1) is 3.91. The maximum Gasteiger partial charge on any atom is 0.271 e. The summed E-state index contributed by atoms with van der Waals surface area (Å²) in [4.78, 5) is 0. The van der Waals surface area contributed by atoms with E-state index in [9.17, 15) is 0 Å². The Labute approximate surface area is 64.1 Å². The summed E-state index contributed by atoms with van der Waals surface area (Å²) in [7, 11) is 1.52. The van der Waals surface area contributed by atoms with E-state index < -0.39 is 0 Å². The minimum Gasteiger partial charge on any atom is -0.162 e. The summed E-state index contributed by atoms with van der Waals surface area (Å²) in [5.74, 6) is 3.66. The highest BCUT2D eigenvalue weighted by Gasteiger charge is 1.91. The maximum atomic E-state index is 4.71. The van der Waals surface area contributed by atoms with Gasteiger partial charge in [0, 0.05) is 6.42 Å². The van der Waals surface area contributed by atoms with Crippen LogP contribution < -0.4 is 0 Å². The third kappa shape index (κ3) is 6.79. The average Bonchev–Trinajstić information content (AvgIpc) is 1.81. The van der Waals surface area contributed by atoms with Gasteiger partial charge < -0.3 is 0 Å². The van der Waals surface area contributed by atoms with Crippen molar-refractivity contribution in [3.63, 3.8) is 0 Å². The molecule has 8 heavy (non-hydrogen) atoms. The highest BCUT2D eigenvalue weighted by molar-refractivity contribution is 8.17. The first-order valence-electron chi connectivity index (χ1n) is 2.74. The third-order valence-electron chi connectivity index (χ3n) is 0.720. The van der Waals surface area contributed by atoms with Crippen LogP contribution in [0.2, 0.25) is 0 Å². The first-order valence-corrected chi connectivity index (χ1v) is 5.81. The van der Waals surface area contributed by atoms with Crippen molar-refractivity contribution in [2.45, 2.75) is 13.3 Å². The molecule has 0 spiro atoms. The Bertz CT molecular complexity index is 53.6. The molecule has 0 rings (SSSR count). The molecule has 0 saturated heterocycles. The molecule has 0 nitrogen and oxygen atoms in total. The number of hydrogen-bond donors (Lipinski definition) is 0. The van der Waals surface area contributed by atoms with Crippen molar-refractivity contribution in [1.82, 2.24) is 0 Å². The number of hydrogen-bond acceptors (Lipinski definition) is 2. The van der Waals surface area contributed by atoms with Gasteiger partial charge in [0.25, 0.3) is 21.5 Å². The largest absolute Gasteiger partial charge is 0.271 e. The van der Waals surface area contributed by atoms with E-state index in [4.69, 9.17) is 11.2 Å². The summed E-state index contributed by atoms with van der Waals surface area (Å²) in [6, 6.07) is 0. The van der Waals surface area contributed by atoms with Gasteiger partial charge in [-0.05, 0) is 11.5 Å². The van der Waals surface area contributed by atoms with Crippen molar-refractivity contribution in [2.24, 2.45) is 0 Å². The Morgan fingerprint density at radius 3 is 2.88 bits per heavy atom. The highest BCUT2D eigenvalue weighted by Crippen LogP contribution is 1.99. The molecule has 0 aromatic carbocycles. The Morgan fingerprint density at radius 1 is 1.62 bits per heavy atom. The molecule has 0 bridgehead atoms. The minimum absolute atomic E-state index is 1.14. The van der Waals surface area contributed by atoms with E-state index in [1.165, 1.54) is 28.2 Å². The first kappa shape index (κ1) is 8.79. The lowest BCUT2D eigenvalue weighted by Gasteiger charge is -1.87. The molecule has 0 atom stereocenters. The molecule has 0 amide bonds. The van der Waals surface area contributed by atoms with Gasteiger partial charge in [-0.1, -0.05) is 6.92 Å². The number of thioether (sulfide) groups is 1. The molecule has 3 heteroatoms. The summed E-state index contributed by atoms with van der Waals surface area (Å²) < 4.78 is 0. The molecule has 48 valence electrons. The van der Waals surface area contributed by atoms with Crippen LogP contribution in [-0.4, -0.2) is 17.3 Å². The smallest absolute Gasteiger partial charge is 0.162 e. The maximum absolute atomic E-state index is 4.71. The van der Waals surface area contributed by atoms with E-state index in [0.29, 0.717) is 0 Å². The molecule has 0 saturated carbocycles. The molecular weight excluding hydrogens is 156 g/mol. The zero-order chi connectivity index (χ0) is 6.24. The fraction of sp³-hybridized carbons (Fsp3) is 1.00. The van der Waals surface area contributed by atoms with E-state index in [1.54, 1.807) is 0 Å². The summed E-state index contributed by atoms with van der Waals surface area (Å²) in [5.41, 5.74) is 0. The van der Waals surface area contributed by atoms with Crippen LogP contribution >= 0.6 is 11.8 Å². The Kier molecular flexibility index (Phi) is 8.56. The predicted molar refractivity (Wildman–Crippen MR) is 47.2 cm³/mol. The van der Waals surface area contributed by atoms with Crippen molar-refractivity contribution in [1.29, 1.82) is 0 Å². The van der Waals surface area contributed by atoms with Crippen LogP contribution in [-0.2, 0) is 21.5 Å². The van der Waals surface area contributed by atoms with Crippen molar-refractivity contribution in [2.75, 3.05) is 17.3 Å². The Balaban J connectivity index is 2.62. The monoisotopic (exact) mass is 167 g/mol. The van der Waals surface area contributed by atoms with Gasteiger partial charge in [-0.25, -0.2) is 0 Å². The van der Waals surface area contributed by atoms with Gasteiger partial charge >= 0.3 is 0 Å². The Hall–Kier alpha value is 0.790. The highest BCUT2D eigenvalue weighted by atomic mass is 32.8. The summed E-state index contributed by atoms with van der Waals surface area (Å²) in [6.07, 6.45) is 1.27. The van der Waals surface area contributed by atoms with Gasteiger partial charge in [-0.2, -0.15) is 11.8 Å². The average molecular weight is 167 g/mol. The second kappa shape index (κ2) is 7.79. The van der Waals surface area contributed by atoms with E-state index in [-0.39, 0.29) is 0 Å². The van der Waals surface area contributed by atoms with Crippen molar-refractivity contribution < 1.29 is 0 Å². The molecule has 0 unspecified atom stereocenters. The van der Waals surface area contributed by atoms with Crippen molar-refractivity contribution in [3.8, 4) is 0 Å². The molecule has 0 aromatic rings. The molecule has 0 fully saturated rings. The third-order valence-corrected chi connectivity index (χ3v) is 2.66. The molecule has 0 aromatic heterocycles. The van der Waals surface area contributed by atoms with Gasteiger partial charge in [0.1, 0.15) is 0 Å². The van der Waals surface area contributed by atoms with Gasteiger partial charge in [-0.15, -0.1) is 0 Å². The zero-order valence-electron chi connectivity index (χ0n) is 5.05. The fourth-order valence-electron chi connectivity index (χ4n) is 0.364. The van der Waals surface area contributed by atoms with E-state index in [0.717, 1.165) is 5.75 Å². The quantitative estimate of drug-likeness (QED) is 0.451. The molecule has 0 heterocycles. The number of rotatable bonds is 5. The SMILES string of the molecule is CCSCCC[S+]=S. The molecular formula is C5H11S3+. The predicted octanol–water partition coefficient (Wildman–Crippen LogP) is 1.67. The Morgan fingerprint density at radius 2 is 2.38 bits per heavy atom.